The van der Waals surface area contributed by atoms with E-state index in [1.54, 1.807) is 0 Å². The smallest absolute Gasteiger partial charge is 0.222 e. The van der Waals surface area contributed by atoms with E-state index in [1.165, 1.54) is 0 Å². The van der Waals surface area contributed by atoms with Crippen molar-refractivity contribution in [1.82, 2.24) is 14.9 Å². The molecule has 0 saturated carbocycles. The Kier molecular flexibility index (Phi) is 8.02. The zero-order valence-corrected chi connectivity index (χ0v) is 20.0. The van der Waals surface area contributed by atoms with Gasteiger partial charge in [0.25, 0.3) is 0 Å². The Balaban J connectivity index is 1.32. The molecule has 1 N–H and O–H groups in total. The third kappa shape index (κ3) is 6.15. The molecule has 1 aliphatic heterocycles. The number of nitrogens with zero attached hydrogens (tertiary/aromatic N) is 3. The van der Waals surface area contributed by atoms with Crippen LogP contribution >= 0.6 is 11.6 Å². The van der Waals surface area contributed by atoms with Gasteiger partial charge in [-0.05, 0) is 49.9 Å². The van der Waals surface area contributed by atoms with Crippen LogP contribution in [-0.2, 0) is 6.54 Å². The van der Waals surface area contributed by atoms with Gasteiger partial charge in [-0.25, -0.2) is 9.97 Å². The SMILES string of the molecule is CCOc1cc(CN2CCC(Nc3ncc(-c4ccccc4)cn3)CC2)cc(OCC)c1Cl. The molecule has 174 valence electrons. The number of nitrogens with one attached hydrogen (secondary N) is 1. The van der Waals surface area contributed by atoms with Crippen LogP contribution < -0.4 is 14.8 Å². The lowest BCUT2D eigenvalue weighted by molar-refractivity contribution is 0.210. The number of piperidine rings is 1. The van der Waals surface area contributed by atoms with Crippen molar-refractivity contribution in [2.24, 2.45) is 0 Å². The van der Waals surface area contributed by atoms with Gasteiger partial charge < -0.3 is 14.8 Å². The van der Waals surface area contributed by atoms with Crippen molar-refractivity contribution >= 4 is 17.5 Å². The maximum Gasteiger partial charge on any atom is 0.222 e. The van der Waals surface area contributed by atoms with Crippen LogP contribution in [0, 0.1) is 0 Å². The summed E-state index contributed by atoms with van der Waals surface area (Å²) in [5.74, 6) is 2.06. The van der Waals surface area contributed by atoms with Gasteiger partial charge in [-0.1, -0.05) is 41.9 Å². The molecule has 3 aromatic rings. The van der Waals surface area contributed by atoms with E-state index in [-0.39, 0.29) is 0 Å². The molecule has 0 aliphatic carbocycles. The number of likely N-dealkylation sites (tertiary alicyclic amines) is 1. The zero-order valence-electron chi connectivity index (χ0n) is 19.3. The number of halogens is 1. The first-order chi connectivity index (χ1) is 16.2. The summed E-state index contributed by atoms with van der Waals surface area (Å²) in [6.07, 6.45) is 5.83. The second kappa shape index (κ2) is 11.3. The van der Waals surface area contributed by atoms with E-state index in [1.807, 2.05) is 56.6 Å². The molecule has 0 amide bonds. The fraction of sp³-hybridized carbons (Fsp3) is 0.385. The number of aromatic nitrogens is 2. The highest BCUT2D eigenvalue weighted by Crippen LogP contribution is 2.36. The van der Waals surface area contributed by atoms with Crippen LogP contribution in [-0.4, -0.2) is 47.2 Å². The van der Waals surface area contributed by atoms with Gasteiger partial charge in [0.05, 0.1) is 13.2 Å². The number of rotatable bonds is 9. The summed E-state index contributed by atoms with van der Waals surface area (Å²) in [6, 6.07) is 14.6. The quantitative estimate of drug-likeness (QED) is 0.438. The molecular formula is C26H31ClN4O2. The lowest BCUT2D eigenvalue weighted by Gasteiger charge is -2.32. The van der Waals surface area contributed by atoms with Gasteiger partial charge in [-0.15, -0.1) is 0 Å². The van der Waals surface area contributed by atoms with Gasteiger partial charge in [0.2, 0.25) is 5.95 Å². The maximum atomic E-state index is 6.44. The molecule has 2 aromatic carbocycles. The summed E-state index contributed by atoms with van der Waals surface area (Å²) in [7, 11) is 0. The van der Waals surface area contributed by atoms with Crippen molar-refractivity contribution in [1.29, 1.82) is 0 Å². The highest BCUT2D eigenvalue weighted by molar-refractivity contribution is 6.33. The molecule has 33 heavy (non-hydrogen) atoms. The summed E-state index contributed by atoms with van der Waals surface area (Å²) in [6.45, 7) is 7.89. The van der Waals surface area contributed by atoms with E-state index in [0.29, 0.717) is 41.7 Å². The second-order valence-corrected chi connectivity index (χ2v) is 8.51. The van der Waals surface area contributed by atoms with Crippen LogP contribution in [0.15, 0.2) is 54.9 Å². The monoisotopic (exact) mass is 466 g/mol. The van der Waals surface area contributed by atoms with E-state index >= 15 is 0 Å². The first kappa shape index (κ1) is 23.3. The van der Waals surface area contributed by atoms with Crippen LogP contribution in [0.2, 0.25) is 5.02 Å². The van der Waals surface area contributed by atoms with Crippen LogP contribution in [0.4, 0.5) is 5.95 Å². The zero-order chi connectivity index (χ0) is 23.0. The van der Waals surface area contributed by atoms with E-state index in [0.717, 1.165) is 49.2 Å². The van der Waals surface area contributed by atoms with Gasteiger partial charge in [0, 0.05) is 43.6 Å². The van der Waals surface area contributed by atoms with Gasteiger partial charge in [0.1, 0.15) is 16.5 Å². The first-order valence-corrected chi connectivity index (χ1v) is 12.0. The molecular weight excluding hydrogens is 436 g/mol. The molecule has 0 radical (unpaired) electrons. The first-order valence-electron chi connectivity index (χ1n) is 11.6. The minimum Gasteiger partial charge on any atom is -0.492 e. The molecule has 1 fully saturated rings. The summed E-state index contributed by atoms with van der Waals surface area (Å²) >= 11 is 6.44. The lowest BCUT2D eigenvalue weighted by atomic mass is 10.0. The fourth-order valence-electron chi connectivity index (χ4n) is 4.10. The molecule has 7 heteroatoms. The Morgan fingerprint density at radius 3 is 2.12 bits per heavy atom. The number of hydrogen-bond acceptors (Lipinski definition) is 6. The van der Waals surface area contributed by atoms with Gasteiger partial charge in [-0.3, -0.25) is 4.90 Å². The second-order valence-electron chi connectivity index (χ2n) is 8.13. The average Bonchev–Trinajstić information content (AvgIpc) is 2.84. The topological polar surface area (TPSA) is 59.5 Å². The highest BCUT2D eigenvalue weighted by atomic mass is 35.5. The fourth-order valence-corrected chi connectivity index (χ4v) is 4.32. The lowest BCUT2D eigenvalue weighted by Crippen LogP contribution is -2.39. The maximum absolute atomic E-state index is 6.44. The largest absolute Gasteiger partial charge is 0.492 e. The van der Waals surface area contributed by atoms with Gasteiger partial charge in [0.15, 0.2) is 0 Å². The molecule has 6 nitrogen and oxygen atoms in total. The predicted molar refractivity (Wildman–Crippen MR) is 133 cm³/mol. The minimum atomic E-state index is 0.368. The van der Waals surface area contributed by atoms with Crippen molar-refractivity contribution in [3.8, 4) is 22.6 Å². The molecule has 1 aliphatic rings. The Morgan fingerprint density at radius 2 is 1.55 bits per heavy atom. The van der Waals surface area contributed by atoms with Crippen molar-refractivity contribution in [2.45, 2.75) is 39.3 Å². The van der Waals surface area contributed by atoms with Gasteiger partial charge in [-0.2, -0.15) is 0 Å². The van der Waals surface area contributed by atoms with Crippen LogP contribution in [0.5, 0.6) is 11.5 Å². The molecule has 1 saturated heterocycles. The van der Waals surface area contributed by atoms with E-state index in [2.05, 4.69) is 32.3 Å². The molecule has 4 rings (SSSR count). The molecule has 0 unspecified atom stereocenters. The molecule has 0 atom stereocenters. The molecule has 0 spiro atoms. The van der Waals surface area contributed by atoms with E-state index in [4.69, 9.17) is 21.1 Å². The third-order valence-corrected chi connectivity index (χ3v) is 6.12. The molecule has 2 heterocycles. The van der Waals surface area contributed by atoms with E-state index in [9.17, 15) is 0 Å². The minimum absolute atomic E-state index is 0.368. The number of ether oxygens (including phenoxy) is 2. The van der Waals surface area contributed by atoms with Crippen molar-refractivity contribution in [3.63, 3.8) is 0 Å². The standard InChI is InChI=1S/C26H31ClN4O2/c1-3-32-23-14-19(15-24(25(23)27)33-4-2)18-31-12-10-22(11-13-31)30-26-28-16-21(17-29-26)20-8-6-5-7-9-20/h5-9,14-17,22H,3-4,10-13,18H2,1-2H3,(H,28,29,30). The van der Waals surface area contributed by atoms with Gasteiger partial charge >= 0.3 is 0 Å². The normalized spacial score (nSPS) is 14.8. The van der Waals surface area contributed by atoms with Crippen LogP contribution in [0.3, 0.4) is 0 Å². The van der Waals surface area contributed by atoms with Crippen LogP contribution in [0.25, 0.3) is 11.1 Å². The highest BCUT2D eigenvalue weighted by Gasteiger charge is 2.21. The van der Waals surface area contributed by atoms with Crippen molar-refractivity contribution in [2.75, 3.05) is 31.6 Å². The summed E-state index contributed by atoms with van der Waals surface area (Å²) in [4.78, 5) is 11.5. The Morgan fingerprint density at radius 1 is 0.939 bits per heavy atom. The molecule has 0 bridgehead atoms. The number of hydrogen-bond donors (Lipinski definition) is 1. The average molecular weight is 467 g/mol. The summed E-state index contributed by atoms with van der Waals surface area (Å²) in [5.41, 5.74) is 3.30. The summed E-state index contributed by atoms with van der Waals surface area (Å²) in [5, 5.41) is 4.04. The predicted octanol–water partition coefficient (Wildman–Crippen LogP) is 5.67. The Bertz CT molecular complexity index is 995. The number of anilines is 1. The third-order valence-electron chi connectivity index (χ3n) is 5.75. The summed E-state index contributed by atoms with van der Waals surface area (Å²) < 4.78 is 11.4. The van der Waals surface area contributed by atoms with E-state index < -0.39 is 0 Å². The van der Waals surface area contributed by atoms with Crippen molar-refractivity contribution in [3.05, 3.63) is 65.4 Å². The molecule has 1 aromatic heterocycles. The Labute approximate surface area is 200 Å². The van der Waals surface area contributed by atoms with Crippen molar-refractivity contribution < 1.29 is 9.47 Å². The Hall–Kier alpha value is -2.83. The number of benzene rings is 2. The van der Waals surface area contributed by atoms with Crippen LogP contribution in [0.1, 0.15) is 32.3 Å².